The molecule has 1 aromatic carbocycles. The highest BCUT2D eigenvalue weighted by molar-refractivity contribution is 5.89. The summed E-state index contributed by atoms with van der Waals surface area (Å²) >= 11 is 0. The molecule has 0 fully saturated rings. The summed E-state index contributed by atoms with van der Waals surface area (Å²) < 4.78 is 13.1. The third kappa shape index (κ3) is 4.27. The molecule has 0 heterocycles. The van der Waals surface area contributed by atoms with Crippen LogP contribution in [-0.2, 0) is 0 Å². The van der Waals surface area contributed by atoms with Crippen LogP contribution in [0.2, 0.25) is 0 Å². The van der Waals surface area contributed by atoms with Crippen molar-refractivity contribution in [3.8, 4) is 0 Å². The lowest BCUT2D eigenvalue weighted by molar-refractivity contribution is 0.250. The number of hydrogen-bond acceptors (Lipinski definition) is 2. The van der Waals surface area contributed by atoms with Crippen molar-refractivity contribution in [2.45, 2.75) is 0 Å². The Kier molecular flexibility index (Phi) is 4.72. The van der Waals surface area contributed by atoms with Crippen molar-refractivity contribution in [1.29, 1.82) is 0 Å². The topological polar surface area (TPSA) is 44.4 Å². The molecule has 2 N–H and O–H groups in total. The summed E-state index contributed by atoms with van der Waals surface area (Å²) in [6, 6.07) is 5.66. The lowest BCUT2D eigenvalue weighted by atomic mass is 10.3. The van der Waals surface area contributed by atoms with Gasteiger partial charge < -0.3 is 15.5 Å². The Morgan fingerprint density at radius 2 is 2.06 bits per heavy atom. The van der Waals surface area contributed by atoms with Crippen LogP contribution < -0.4 is 10.6 Å². The Hall–Kier alpha value is -1.62. The quantitative estimate of drug-likeness (QED) is 0.815. The fraction of sp³-hybridized carbons (Fsp3) is 0.364. The van der Waals surface area contributed by atoms with Gasteiger partial charge in [0.15, 0.2) is 0 Å². The molecule has 0 saturated heterocycles. The summed E-state index contributed by atoms with van der Waals surface area (Å²) in [4.78, 5) is 13.3. The number of hydrogen-bond donors (Lipinski definition) is 2. The van der Waals surface area contributed by atoms with Gasteiger partial charge in [-0.3, -0.25) is 0 Å². The molecule has 0 atom stereocenters. The van der Waals surface area contributed by atoms with Gasteiger partial charge in [0.05, 0.1) is 5.69 Å². The zero-order valence-corrected chi connectivity index (χ0v) is 9.46. The van der Waals surface area contributed by atoms with Gasteiger partial charge >= 0.3 is 6.03 Å². The number of benzene rings is 1. The average molecular weight is 225 g/mol. The summed E-state index contributed by atoms with van der Waals surface area (Å²) in [6.45, 7) is 1.26. The molecule has 1 rings (SSSR count). The first-order valence-electron chi connectivity index (χ1n) is 5.03. The standard InChI is InChI=1S/C11H16FN3O/c1-15(2)8-7-13-11(16)14-10-6-4-3-5-9(10)12/h3-6H,7-8H2,1-2H3,(H2,13,14,16). The number of halogens is 1. The first-order valence-corrected chi connectivity index (χ1v) is 5.03. The number of urea groups is 1. The molecule has 0 saturated carbocycles. The molecule has 0 bridgehead atoms. The van der Waals surface area contributed by atoms with Crippen LogP contribution in [0.3, 0.4) is 0 Å². The molecule has 0 aromatic heterocycles. The minimum Gasteiger partial charge on any atom is -0.337 e. The maximum atomic E-state index is 13.1. The van der Waals surface area contributed by atoms with E-state index in [1.807, 2.05) is 19.0 Å². The molecule has 16 heavy (non-hydrogen) atoms. The molecule has 88 valence electrons. The van der Waals surface area contributed by atoms with Crippen LogP contribution in [-0.4, -0.2) is 38.1 Å². The van der Waals surface area contributed by atoms with Crippen LogP contribution in [0.1, 0.15) is 0 Å². The van der Waals surface area contributed by atoms with Gasteiger partial charge in [-0.25, -0.2) is 9.18 Å². The lowest BCUT2D eigenvalue weighted by Crippen LogP contribution is -2.34. The van der Waals surface area contributed by atoms with E-state index in [0.717, 1.165) is 6.54 Å². The number of nitrogens with zero attached hydrogens (tertiary/aromatic N) is 1. The second-order valence-electron chi connectivity index (χ2n) is 3.66. The summed E-state index contributed by atoms with van der Waals surface area (Å²) in [6.07, 6.45) is 0. The first-order chi connectivity index (χ1) is 7.59. The maximum Gasteiger partial charge on any atom is 0.319 e. The van der Waals surface area contributed by atoms with Crippen molar-refractivity contribution >= 4 is 11.7 Å². The molecular weight excluding hydrogens is 209 g/mol. The average Bonchev–Trinajstić information content (AvgIpc) is 2.21. The molecule has 0 aliphatic heterocycles. The number of anilines is 1. The molecule has 1 aromatic rings. The second kappa shape index (κ2) is 6.07. The summed E-state index contributed by atoms with van der Waals surface area (Å²) in [7, 11) is 3.83. The van der Waals surface area contributed by atoms with Crippen molar-refractivity contribution < 1.29 is 9.18 Å². The van der Waals surface area contributed by atoms with E-state index >= 15 is 0 Å². The number of carbonyl (C=O) groups excluding carboxylic acids is 1. The van der Waals surface area contributed by atoms with Gasteiger partial charge in [-0.05, 0) is 26.2 Å². The number of rotatable bonds is 4. The number of amides is 2. The van der Waals surface area contributed by atoms with Gasteiger partial charge in [-0.2, -0.15) is 0 Å². The zero-order chi connectivity index (χ0) is 12.0. The van der Waals surface area contributed by atoms with Crippen LogP contribution in [0.25, 0.3) is 0 Å². The third-order valence-corrected chi connectivity index (χ3v) is 1.97. The Morgan fingerprint density at radius 3 is 2.69 bits per heavy atom. The Balaban J connectivity index is 2.37. The lowest BCUT2D eigenvalue weighted by Gasteiger charge is -2.11. The summed E-state index contributed by atoms with van der Waals surface area (Å²) in [5, 5.41) is 5.07. The fourth-order valence-electron chi connectivity index (χ4n) is 1.12. The largest absolute Gasteiger partial charge is 0.337 e. The van der Waals surface area contributed by atoms with Crippen molar-refractivity contribution in [1.82, 2.24) is 10.2 Å². The van der Waals surface area contributed by atoms with Crippen LogP contribution in [0.5, 0.6) is 0 Å². The SMILES string of the molecule is CN(C)CCNC(=O)Nc1ccccc1F. The van der Waals surface area contributed by atoms with E-state index in [1.165, 1.54) is 12.1 Å². The highest BCUT2D eigenvalue weighted by atomic mass is 19.1. The number of nitrogens with one attached hydrogen (secondary N) is 2. The molecule has 2 amide bonds. The highest BCUT2D eigenvalue weighted by Gasteiger charge is 2.04. The molecule has 0 spiro atoms. The smallest absolute Gasteiger partial charge is 0.319 e. The van der Waals surface area contributed by atoms with Gasteiger partial charge in [0.2, 0.25) is 0 Å². The number of likely N-dealkylation sites (N-methyl/N-ethyl adjacent to an activating group) is 1. The molecule has 0 aliphatic rings. The molecule has 5 heteroatoms. The Labute approximate surface area is 94.4 Å². The molecule has 0 radical (unpaired) electrons. The van der Waals surface area contributed by atoms with Crippen LogP contribution in [0.15, 0.2) is 24.3 Å². The molecule has 0 aliphatic carbocycles. The van der Waals surface area contributed by atoms with Gasteiger partial charge in [-0.1, -0.05) is 12.1 Å². The van der Waals surface area contributed by atoms with Crippen LogP contribution in [0.4, 0.5) is 14.9 Å². The van der Waals surface area contributed by atoms with Gasteiger partial charge in [-0.15, -0.1) is 0 Å². The van der Waals surface area contributed by atoms with E-state index < -0.39 is 11.8 Å². The highest BCUT2D eigenvalue weighted by Crippen LogP contribution is 2.11. The van der Waals surface area contributed by atoms with E-state index in [-0.39, 0.29) is 5.69 Å². The molecule has 4 nitrogen and oxygen atoms in total. The van der Waals surface area contributed by atoms with E-state index in [0.29, 0.717) is 6.54 Å². The van der Waals surface area contributed by atoms with Gasteiger partial charge in [0, 0.05) is 13.1 Å². The molecule has 0 unspecified atom stereocenters. The van der Waals surface area contributed by atoms with E-state index in [4.69, 9.17) is 0 Å². The van der Waals surface area contributed by atoms with Crippen molar-refractivity contribution in [3.63, 3.8) is 0 Å². The van der Waals surface area contributed by atoms with E-state index in [1.54, 1.807) is 12.1 Å². The minimum absolute atomic E-state index is 0.185. The third-order valence-electron chi connectivity index (χ3n) is 1.97. The summed E-state index contributed by atoms with van der Waals surface area (Å²) in [5.74, 6) is -0.440. The molecular formula is C11H16FN3O. The van der Waals surface area contributed by atoms with Crippen molar-refractivity contribution in [2.75, 3.05) is 32.5 Å². The van der Waals surface area contributed by atoms with E-state index in [9.17, 15) is 9.18 Å². The fourth-order valence-corrected chi connectivity index (χ4v) is 1.12. The predicted octanol–water partition coefficient (Wildman–Crippen LogP) is 1.51. The monoisotopic (exact) mass is 225 g/mol. The van der Waals surface area contributed by atoms with Crippen LogP contribution in [0, 0.1) is 5.82 Å². The Bertz CT molecular complexity index is 355. The number of para-hydroxylation sites is 1. The normalized spacial score (nSPS) is 10.2. The van der Waals surface area contributed by atoms with Crippen LogP contribution >= 0.6 is 0 Å². The van der Waals surface area contributed by atoms with Gasteiger partial charge in [0.1, 0.15) is 5.82 Å². The second-order valence-corrected chi connectivity index (χ2v) is 3.66. The van der Waals surface area contributed by atoms with E-state index in [2.05, 4.69) is 10.6 Å². The summed E-state index contributed by atoms with van der Waals surface area (Å²) in [5.41, 5.74) is 0.185. The van der Waals surface area contributed by atoms with Crippen molar-refractivity contribution in [3.05, 3.63) is 30.1 Å². The maximum absolute atomic E-state index is 13.1. The van der Waals surface area contributed by atoms with Gasteiger partial charge in [0.25, 0.3) is 0 Å². The number of carbonyl (C=O) groups is 1. The predicted molar refractivity (Wildman–Crippen MR) is 62.0 cm³/mol. The van der Waals surface area contributed by atoms with Crippen molar-refractivity contribution in [2.24, 2.45) is 0 Å². The zero-order valence-electron chi connectivity index (χ0n) is 9.46. The minimum atomic E-state index is -0.440. The Morgan fingerprint density at radius 1 is 1.38 bits per heavy atom. The first kappa shape index (κ1) is 12.4.